The van der Waals surface area contributed by atoms with E-state index >= 15 is 0 Å². The molecule has 1 aliphatic heterocycles. The monoisotopic (exact) mass is 397 g/mol. The van der Waals surface area contributed by atoms with E-state index in [4.69, 9.17) is 16.0 Å². The van der Waals surface area contributed by atoms with Gasteiger partial charge in [0, 0.05) is 30.1 Å². The van der Waals surface area contributed by atoms with E-state index in [1.807, 2.05) is 12.1 Å². The second-order valence-corrected chi connectivity index (χ2v) is 6.67. The van der Waals surface area contributed by atoms with Crippen molar-refractivity contribution < 1.29 is 19.1 Å². The molecule has 1 N–H and O–H groups in total. The fraction of sp³-hybridized carbons (Fsp3) is 0.250. The highest BCUT2D eigenvalue weighted by molar-refractivity contribution is 9.10. The Morgan fingerprint density at radius 2 is 1.96 bits per heavy atom. The van der Waals surface area contributed by atoms with Crippen LogP contribution < -0.4 is 0 Å². The number of nitrogens with zero attached hydrogens (tertiary/aromatic N) is 1. The molecule has 0 aliphatic carbocycles. The maximum atomic E-state index is 12.5. The van der Waals surface area contributed by atoms with Crippen molar-refractivity contribution in [2.45, 2.75) is 5.92 Å². The molecule has 2 atom stereocenters. The van der Waals surface area contributed by atoms with E-state index in [2.05, 4.69) is 15.9 Å². The Bertz CT molecular complexity index is 743. The predicted molar refractivity (Wildman–Crippen MR) is 87.6 cm³/mol. The van der Waals surface area contributed by atoms with Crippen molar-refractivity contribution in [2.24, 2.45) is 5.92 Å². The van der Waals surface area contributed by atoms with Gasteiger partial charge in [0.25, 0.3) is 5.91 Å². The largest absolute Gasteiger partial charge is 0.481 e. The van der Waals surface area contributed by atoms with Crippen molar-refractivity contribution in [3.8, 4) is 0 Å². The average molecular weight is 399 g/mol. The first-order valence-corrected chi connectivity index (χ1v) is 8.14. The molecular formula is C16H13BrClNO4. The topological polar surface area (TPSA) is 70.8 Å². The maximum absolute atomic E-state index is 12.5. The van der Waals surface area contributed by atoms with Crippen molar-refractivity contribution in [2.75, 3.05) is 13.1 Å². The standard InChI is InChI=1S/C16H13BrClNO4/c17-14-5-10(8-23-14)15(20)19-6-12(13(7-19)16(21)22)9-1-3-11(18)4-2-9/h1-5,8,12-13H,6-7H2,(H,21,22)/t12-,13+/m0/s1. The van der Waals surface area contributed by atoms with Crippen molar-refractivity contribution in [1.82, 2.24) is 4.90 Å². The van der Waals surface area contributed by atoms with Crippen LogP contribution in [0.4, 0.5) is 0 Å². The number of carboxylic acids is 1. The average Bonchev–Trinajstić information content (AvgIpc) is 3.14. The number of furan rings is 1. The molecule has 1 saturated heterocycles. The van der Waals surface area contributed by atoms with Gasteiger partial charge in [0.05, 0.1) is 11.5 Å². The van der Waals surface area contributed by atoms with Crippen LogP contribution >= 0.6 is 27.5 Å². The molecule has 0 spiro atoms. The Kier molecular flexibility index (Phi) is 4.46. The number of carbonyl (C=O) groups is 2. The molecule has 1 amide bonds. The lowest BCUT2D eigenvalue weighted by atomic mass is 9.89. The number of amides is 1. The Balaban J connectivity index is 1.85. The van der Waals surface area contributed by atoms with Gasteiger partial charge in [-0.2, -0.15) is 0 Å². The molecule has 7 heteroatoms. The van der Waals surface area contributed by atoms with Crippen LogP contribution in [0.1, 0.15) is 21.8 Å². The first kappa shape index (κ1) is 16.1. The van der Waals surface area contributed by atoms with Crippen LogP contribution in [0.3, 0.4) is 0 Å². The van der Waals surface area contributed by atoms with E-state index in [1.165, 1.54) is 6.26 Å². The summed E-state index contributed by atoms with van der Waals surface area (Å²) >= 11 is 9.04. The molecule has 2 aromatic rings. The lowest BCUT2D eigenvalue weighted by molar-refractivity contribution is -0.141. The number of aliphatic carboxylic acids is 1. The fourth-order valence-electron chi connectivity index (χ4n) is 2.87. The normalized spacial score (nSPS) is 20.7. The van der Waals surface area contributed by atoms with Crippen LogP contribution in [0.15, 0.2) is 45.7 Å². The molecule has 1 aromatic heterocycles. The van der Waals surface area contributed by atoms with Crippen LogP contribution in [0.25, 0.3) is 0 Å². The zero-order chi connectivity index (χ0) is 16.6. The first-order valence-electron chi connectivity index (χ1n) is 6.97. The lowest BCUT2D eigenvalue weighted by Gasteiger charge is -2.15. The van der Waals surface area contributed by atoms with E-state index < -0.39 is 11.9 Å². The number of hydrogen-bond donors (Lipinski definition) is 1. The summed E-state index contributed by atoms with van der Waals surface area (Å²) in [6.07, 6.45) is 1.36. The maximum Gasteiger partial charge on any atom is 0.308 e. The van der Waals surface area contributed by atoms with E-state index in [9.17, 15) is 14.7 Å². The number of carbonyl (C=O) groups excluding carboxylic acids is 1. The van der Waals surface area contributed by atoms with Gasteiger partial charge < -0.3 is 14.4 Å². The summed E-state index contributed by atoms with van der Waals surface area (Å²) in [5.74, 6) is -2.05. The second-order valence-electron chi connectivity index (χ2n) is 5.45. The minimum atomic E-state index is -0.909. The summed E-state index contributed by atoms with van der Waals surface area (Å²) in [6, 6.07) is 8.66. The third kappa shape index (κ3) is 3.28. The summed E-state index contributed by atoms with van der Waals surface area (Å²) in [7, 11) is 0. The summed E-state index contributed by atoms with van der Waals surface area (Å²) in [5.41, 5.74) is 1.27. The Labute approximate surface area is 146 Å². The van der Waals surface area contributed by atoms with Crippen LogP contribution in [-0.4, -0.2) is 35.0 Å². The molecule has 1 fully saturated rings. The van der Waals surface area contributed by atoms with E-state index in [0.29, 0.717) is 21.8 Å². The highest BCUT2D eigenvalue weighted by atomic mass is 79.9. The number of halogens is 2. The summed E-state index contributed by atoms with van der Waals surface area (Å²) in [6.45, 7) is 0.518. The SMILES string of the molecule is O=C(O)[C@@H]1CN(C(=O)c2coc(Br)c2)C[C@H]1c1ccc(Cl)cc1. The number of benzene rings is 1. The molecule has 1 aromatic carbocycles. The Morgan fingerprint density at radius 1 is 1.26 bits per heavy atom. The fourth-order valence-corrected chi connectivity index (χ4v) is 3.34. The molecule has 5 nitrogen and oxygen atoms in total. The summed E-state index contributed by atoms with van der Waals surface area (Å²) < 4.78 is 5.54. The molecule has 0 radical (unpaired) electrons. The minimum Gasteiger partial charge on any atom is -0.481 e. The highest BCUT2D eigenvalue weighted by Gasteiger charge is 2.40. The highest BCUT2D eigenvalue weighted by Crippen LogP contribution is 2.34. The van der Waals surface area contributed by atoms with Gasteiger partial charge in [0.2, 0.25) is 0 Å². The number of rotatable bonds is 3. The first-order chi connectivity index (χ1) is 11.0. The molecule has 0 saturated carbocycles. The number of likely N-dealkylation sites (tertiary alicyclic amines) is 1. The van der Waals surface area contributed by atoms with Crippen molar-refractivity contribution in [1.29, 1.82) is 0 Å². The summed E-state index contributed by atoms with van der Waals surface area (Å²) in [4.78, 5) is 25.6. The van der Waals surface area contributed by atoms with Gasteiger partial charge in [-0.15, -0.1) is 0 Å². The number of hydrogen-bond acceptors (Lipinski definition) is 3. The van der Waals surface area contributed by atoms with Gasteiger partial charge in [-0.3, -0.25) is 9.59 Å². The van der Waals surface area contributed by atoms with Crippen molar-refractivity contribution in [3.63, 3.8) is 0 Å². The quantitative estimate of drug-likeness (QED) is 0.857. The van der Waals surface area contributed by atoms with Crippen LogP contribution in [-0.2, 0) is 4.79 Å². The van der Waals surface area contributed by atoms with Gasteiger partial charge in [0.15, 0.2) is 4.67 Å². The van der Waals surface area contributed by atoms with E-state index in [0.717, 1.165) is 5.56 Å². The third-order valence-corrected chi connectivity index (χ3v) is 4.70. The Morgan fingerprint density at radius 3 is 2.52 bits per heavy atom. The van der Waals surface area contributed by atoms with E-state index in [1.54, 1.807) is 23.1 Å². The second kappa shape index (κ2) is 6.37. The Hall–Kier alpha value is -1.79. The molecule has 3 rings (SSSR count). The van der Waals surface area contributed by atoms with Gasteiger partial charge >= 0.3 is 5.97 Å². The molecule has 0 unspecified atom stereocenters. The van der Waals surface area contributed by atoms with Crippen LogP contribution in [0.5, 0.6) is 0 Å². The van der Waals surface area contributed by atoms with Gasteiger partial charge in [-0.25, -0.2) is 0 Å². The number of carboxylic acid groups (broad SMARTS) is 1. The van der Waals surface area contributed by atoms with E-state index in [-0.39, 0.29) is 18.4 Å². The summed E-state index contributed by atoms with van der Waals surface area (Å²) in [5, 5.41) is 10.1. The van der Waals surface area contributed by atoms with Crippen LogP contribution in [0.2, 0.25) is 5.02 Å². The van der Waals surface area contributed by atoms with Gasteiger partial charge in [-0.1, -0.05) is 23.7 Å². The van der Waals surface area contributed by atoms with Gasteiger partial charge in [0.1, 0.15) is 6.26 Å². The molecule has 2 heterocycles. The third-order valence-electron chi connectivity index (χ3n) is 4.04. The predicted octanol–water partition coefficient (Wildman–Crippen LogP) is 3.64. The smallest absolute Gasteiger partial charge is 0.308 e. The van der Waals surface area contributed by atoms with Gasteiger partial charge in [-0.05, 0) is 33.6 Å². The minimum absolute atomic E-state index is 0.171. The van der Waals surface area contributed by atoms with Crippen LogP contribution in [0, 0.1) is 5.92 Å². The zero-order valence-corrected chi connectivity index (χ0v) is 14.3. The van der Waals surface area contributed by atoms with Crippen molar-refractivity contribution in [3.05, 3.63) is 57.4 Å². The zero-order valence-electron chi connectivity index (χ0n) is 11.9. The van der Waals surface area contributed by atoms with Crippen molar-refractivity contribution >= 4 is 39.4 Å². The molecule has 1 aliphatic rings. The lowest BCUT2D eigenvalue weighted by Crippen LogP contribution is -2.29. The molecule has 23 heavy (non-hydrogen) atoms. The molecular weight excluding hydrogens is 386 g/mol. The molecule has 120 valence electrons. The molecule has 0 bridgehead atoms.